The number of aryl methyl sites for hydroxylation is 2. The Labute approximate surface area is 182 Å². The van der Waals surface area contributed by atoms with Gasteiger partial charge in [0.1, 0.15) is 0 Å². The Kier molecular flexibility index (Phi) is 4.47. The number of sulfonamides is 1. The maximum Gasteiger partial charge on any atom is 0.334 e. The molecular weight excluding hydrogens is 436 g/mol. The molecule has 3 heterocycles. The van der Waals surface area contributed by atoms with Crippen LogP contribution >= 0.6 is 11.3 Å². The molecule has 0 saturated heterocycles. The zero-order valence-corrected chi connectivity index (χ0v) is 19.0. The minimum Gasteiger partial charge on any atom is -0.286 e. The molecule has 1 aromatic carbocycles. The lowest BCUT2D eigenvalue weighted by atomic mass is 10.3. The van der Waals surface area contributed by atoms with E-state index in [2.05, 4.69) is 19.9 Å². The van der Waals surface area contributed by atoms with Crippen molar-refractivity contribution in [3.63, 3.8) is 0 Å². The molecule has 1 saturated carbocycles. The van der Waals surface area contributed by atoms with Crippen LogP contribution in [0.25, 0.3) is 16.7 Å². The summed E-state index contributed by atoms with van der Waals surface area (Å²) in [6, 6.07) is 4.80. The van der Waals surface area contributed by atoms with Gasteiger partial charge in [-0.1, -0.05) is 0 Å². The first-order valence-electron chi connectivity index (χ1n) is 9.88. The van der Waals surface area contributed by atoms with Crippen molar-refractivity contribution < 1.29 is 8.42 Å². The molecule has 11 heteroatoms. The molecule has 9 nitrogen and oxygen atoms in total. The molecule has 162 valence electrons. The van der Waals surface area contributed by atoms with Crippen LogP contribution in [0.3, 0.4) is 0 Å². The highest BCUT2D eigenvalue weighted by atomic mass is 32.2. The van der Waals surface area contributed by atoms with E-state index in [0.29, 0.717) is 23.3 Å². The average Bonchev–Trinajstić information content (AvgIpc) is 3.05. The van der Waals surface area contributed by atoms with E-state index in [1.54, 1.807) is 40.3 Å². The Morgan fingerprint density at radius 2 is 2.03 bits per heavy atom. The Hall–Kier alpha value is -2.76. The third-order valence-corrected chi connectivity index (χ3v) is 8.33. The summed E-state index contributed by atoms with van der Waals surface area (Å²) >= 11 is 1.55. The number of hydrogen-bond acceptors (Lipinski definition) is 6. The Morgan fingerprint density at radius 1 is 1.26 bits per heavy atom. The fourth-order valence-electron chi connectivity index (χ4n) is 3.71. The summed E-state index contributed by atoms with van der Waals surface area (Å²) in [5.41, 5.74) is 1.94. The van der Waals surface area contributed by atoms with Crippen LogP contribution in [0.1, 0.15) is 35.3 Å². The van der Waals surface area contributed by atoms with Crippen LogP contribution in [-0.2, 0) is 16.6 Å². The second kappa shape index (κ2) is 6.87. The summed E-state index contributed by atoms with van der Waals surface area (Å²) in [5, 5.41) is 7.61. The largest absolute Gasteiger partial charge is 0.334 e. The van der Waals surface area contributed by atoms with E-state index in [-0.39, 0.29) is 16.1 Å². The fraction of sp³-hybridized carbons (Fsp3) is 0.350. The number of nitrogens with one attached hydrogen (secondary N) is 2. The lowest BCUT2D eigenvalue weighted by molar-refractivity contribution is 0.558. The molecule has 5 rings (SSSR count). The molecule has 3 aromatic heterocycles. The molecular formula is C20H22N6O3S2. The second-order valence-electron chi connectivity index (χ2n) is 8.22. The maximum absolute atomic E-state index is 13.4. The van der Waals surface area contributed by atoms with Gasteiger partial charge in [0, 0.05) is 16.6 Å². The quantitative estimate of drug-likeness (QED) is 0.461. The fourth-order valence-corrected chi connectivity index (χ4v) is 6.12. The molecule has 4 aromatic rings. The van der Waals surface area contributed by atoms with Gasteiger partial charge in [0.25, 0.3) is 0 Å². The number of aromatic amines is 1. The van der Waals surface area contributed by atoms with Gasteiger partial charge in [-0.05, 0) is 51.8 Å². The lowest BCUT2D eigenvalue weighted by Crippen LogP contribution is -2.34. The predicted octanol–water partition coefficient (Wildman–Crippen LogP) is 2.47. The molecule has 31 heavy (non-hydrogen) atoms. The summed E-state index contributed by atoms with van der Waals surface area (Å²) in [6.45, 7) is 6.11. The van der Waals surface area contributed by atoms with E-state index in [1.807, 2.05) is 20.8 Å². The molecule has 1 aliphatic rings. The minimum absolute atomic E-state index is 0.132. The number of benzene rings is 1. The number of fused-ring (bicyclic) bond motifs is 1. The van der Waals surface area contributed by atoms with E-state index < -0.39 is 10.0 Å². The summed E-state index contributed by atoms with van der Waals surface area (Å²) in [5.74, 6) is 0. The first-order valence-corrected chi connectivity index (χ1v) is 12.2. The van der Waals surface area contributed by atoms with E-state index in [1.165, 1.54) is 10.8 Å². The van der Waals surface area contributed by atoms with Gasteiger partial charge in [-0.15, -0.1) is 11.3 Å². The maximum atomic E-state index is 13.4. The smallest absolute Gasteiger partial charge is 0.286 e. The molecule has 0 atom stereocenters. The molecule has 0 bridgehead atoms. The lowest BCUT2D eigenvalue weighted by Gasteiger charge is -2.12. The Bertz CT molecular complexity index is 1460. The van der Waals surface area contributed by atoms with Crippen molar-refractivity contribution in [2.75, 3.05) is 0 Å². The second-order valence-corrected chi connectivity index (χ2v) is 11.2. The molecule has 0 radical (unpaired) electrons. The van der Waals surface area contributed by atoms with Gasteiger partial charge < -0.3 is 0 Å². The van der Waals surface area contributed by atoms with Crippen molar-refractivity contribution in [1.82, 2.24) is 29.0 Å². The number of imidazole rings is 1. The highest BCUT2D eigenvalue weighted by molar-refractivity contribution is 7.89. The van der Waals surface area contributed by atoms with Crippen molar-refractivity contribution in [3.8, 4) is 5.69 Å². The zero-order chi connectivity index (χ0) is 22.0. The van der Waals surface area contributed by atoms with Crippen molar-refractivity contribution in [1.29, 1.82) is 0 Å². The topological polar surface area (TPSA) is 115 Å². The van der Waals surface area contributed by atoms with Crippen LogP contribution in [-0.4, -0.2) is 38.3 Å². The Balaban J connectivity index is 1.69. The van der Waals surface area contributed by atoms with Crippen LogP contribution in [0, 0.1) is 13.8 Å². The minimum atomic E-state index is -3.70. The third kappa shape index (κ3) is 3.52. The number of hydrogen-bond donors (Lipinski definition) is 2. The number of H-pyrrole nitrogens is 1. The predicted molar refractivity (Wildman–Crippen MR) is 118 cm³/mol. The van der Waals surface area contributed by atoms with Gasteiger partial charge in [-0.2, -0.15) is 5.10 Å². The zero-order valence-electron chi connectivity index (χ0n) is 17.3. The van der Waals surface area contributed by atoms with E-state index >= 15 is 0 Å². The van der Waals surface area contributed by atoms with Crippen LogP contribution in [0.2, 0.25) is 0 Å². The highest BCUT2D eigenvalue weighted by Gasteiger charge is 2.41. The normalized spacial score (nSPS) is 15.6. The van der Waals surface area contributed by atoms with Crippen LogP contribution in [0.5, 0.6) is 0 Å². The van der Waals surface area contributed by atoms with E-state index in [4.69, 9.17) is 0 Å². The molecule has 0 amide bonds. The average molecular weight is 459 g/mol. The van der Waals surface area contributed by atoms with Crippen molar-refractivity contribution in [2.45, 2.75) is 50.6 Å². The van der Waals surface area contributed by atoms with Crippen LogP contribution < -0.4 is 10.4 Å². The summed E-state index contributed by atoms with van der Waals surface area (Å²) in [4.78, 5) is 19.0. The summed E-state index contributed by atoms with van der Waals surface area (Å²) < 4.78 is 31.8. The van der Waals surface area contributed by atoms with Gasteiger partial charge in [-0.25, -0.2) is 22.9 Å². The highest BCUT2D eigenvalue weighted by Crippen LogP contribution is 2.36. The van der Waals surface area contributed by atoms with Crippen molar-refractivity contribution >= 4 is 32.4 Å². The first kappa shape index (κ1) is 20.2. The first-order chi connectivity index (χ1) is 14.7. The number of thiazole rings is 1. The summed E-state index contributed by atoms with van der Waals surface area (Å²) in [7, 11) is -3.70. The third-order valence-electron chi connectivity index (χ3n) is 5.64. The van der Waals surface area contributed by atoms with Gasteiger partial charge in [-0.3, -0.25) is 14.2 Å². The number of rotatable bonds is 6. The monoisotopic (exact) mass is 458 g/mol. The van der Waals surface area contributed by atoms with E-state index in [0.717, 1.165) is 28.4 Å². The van der Waals surface area contributed by atoms with Gasteiger partial charge in [0.15, 0.2) is 0 Å². The summed E-state index contributed by atoms with van der Waals surface area (Å²) in [6.07, 6.45) is 4.78. The molecule has 0 unspecified atom stereocenters. The van der Waals surface area contributed by atoms with Gasteiger partial charge >= 0.3 is 5.69 Å². The number of nitrogens with zero attached hydrogens (tertiary/aromatic N) is 4. The van der Waals surface area contributed by atoms with Crippen LogP contribution in [0.15, 0.2) is 40.3 Å². The molecule has 0 aliphatic heterocycles. The number of aromatic nitrogens is 5. The van der Waals surface area contributed by atoms with Crippen molar-refractivity contribution in [2.24, 2.45) is 0 Å². The van der Waals surface area contributed by atoms with Gasteiger partial charge in [0.05, 0.1) is 45.1 Å². The Morgan fingerprint density at radius 3 is 2.65 bits per heavy atom. The molecule has 0 spiro atoms. The SMILES string of the molecule is Cc1nc(C)c(Cn2c(=O)n(-c3cn[nH]c3)c3cc(S(=O)(=O)NC4(C)CC4)ccc32)s1. The molecule has 1 aliphatic carbocycles. The van der Waals surface area contributed by atoms with E-state index in [9.17, 15) is 13.2 Å². The molecule has 1 fully saturated rings. The van der Waals surface area contributed by atoms with Gasteiger partial charge in [0.2, 0.25) is 10.0 Å². The standard InChI is InChI=1S/C20H22N6O3S2/c1-12-18(30-13(2)23-12)11-25-16-5-4-15(31(28,29)24-20(3)6-7-20)8-17(16)26(19(25)27)14-9-21-22-10-14/h4-5,8-10,24H,6-7,11H2,1-3H3,(H,21,22). The molecule has 2 N–H and O–H groups in total. The van der Waals surface area contributed by atoms with Crippen molar-refractivity contribution in [3.05, 3.63) is 56.7 Å². The van der Waals surface area contributed by atoms with Crippen LogP contribution in [0.4, 0.5) is 0 Å².